The Labute approximate surface area is 182 Å². The zero-order valence-corrected chi connectivity index (χ0v) is 17.9. The molecule has 1 saturated carbocycles. The second-order valence-electron chi connectivity index (χ2n) is 8.71. The van der Waals surface area contributed by atoms with Gasteiger partial charge in [-0.15, -0.1) is 0 Å². The first-order valence-electron chi connectivity index (χ1n) is 10.5. The zero-order chi connectivity index (χ0) is 21.3. The van der Waals surface area contributed by atoms with E-state index in [2.05, 4.69) is 4.90 Å². The lowest BCUT2D eigenvalue weighted by Crippen LogP contribution is -2.42. The predicted molar refractivity (Wildman–Crippen MR) is 116 cm³/mol. The van der Waals surface area contributed by atoms with Gasteiger partial charge in [0.2, 0.25) is 0 Å². The summed E-state index contributed by atoms with van der Waals surface area (Å²) >= 11 is 6.11. The highest BCUT2D eigenvalue weighted by atomic mass is 35.5. The summed E-state index contributed by atoms with van der Waals surface area (Å²) in [6, 6.07) is 13.4. The topological polar surface area (TPSA) is 70.0 Å². The van der Waals surface area contributed by atoms with Gasteiger partial charge in [-0.25, -0.2) is 0 Å². The highest BCUT2D eigenvalue weighted by Crippen LogP contribution is 2.39. The third kappa shape index (κ3) is 4.97. The number of hydrogen-bond acceptors (Lipinski definition) is 4. The van der Waals surface area contributed by atoms with Crippen molar-refractivity contribution in [1.29, 1.82) is 0 Å². The van der Waals surface area contributed by atoms with E-state index in [0.29, 0.717) is 16.9 Å². The number of carbonyl (C=O) groups is 1. The molecule has 5 nitrogen and oxygen atoms in total. The van der Waals surface area contributed by atoms with Gasteiger partial charge in [-0.05, 0) is 60.4 Å². The van der Waals surface area contributed by atoms with Gasteiger partial charge in [-0.2, -0.15) is 0 Å². The number of aliphatic hydroxyl groups excluding tert-OH is 1. The summed E-state index contributed by atoms with van der Waals surface area (Å²) in [4.78, 5) is 13.3. The van der Waals surface area contributed by atoms with Gasteiger partial charge >= 0.3 is 5.97 Å². The van der Waals surface area contributed by atoms with Crippen LogP contribution < -0.4 is 4.74 Å². The van der Waals surface area contributed by atoms with Crippen molar-refractivity contribution < 1.29 is 19.7 Å². The Morgan fingerprint density at radius 1 is 1.10 bits per heavy atom. The average molecular weight is 430 g/mol. The minimum Gasteiger partial charge on any atom is -0.487 e. The highest BCUT2D eigenvalue weighted by Gasteiger charge is 2.42. The van der Waals surface area contributed by atoms with Crippen LogP contribution in [0.5, 0.6) is 5.75 Å². The van der Waals surface area contributed by atoms with Crippen LogP contribution in [0, 0.1) is 18.8 Å². The van der Waals surface area contributed by atoms with E-state index in [-0.39, 0.29) is 12.5 Å². The van der Waals surface area contributed by atoms with Gasteiger partial charge < -0.3 is 14.9 Å². The fraction of sp³-hybridized carbons (Fsp3) is 0.458. The number of nitrogens with zero attached hydrogens (tertiary/aromatic N) is 1. The first-order valence-corrected chi connectivity index (χ1v) is 10.9. The van der Waals surface area contributed by atoms with Crippen molar-refractivity contribution in [2.24, 2.45) is 11.8 Å². The van der Waals surface area contributed by atoms with Crippen molar-refractivity contribution in [3.05, 3.63) is 64.2 Å². The number of aliphatic hydroxyl groups is 1. The lowest BCUT2D eigenvalue weighted by molar-refractivity contribution is -0.136. The Hall–Kier alpha value is -2.08. The maximum atomic E-state index is 10.8. The van der Waals surface area contributed by atoms with Crippen molar-refractivity contribution in [3.63, 3.8) is 0 Å². The minimum absolute atomic E-state index is 0.0551. The zero-order valence-electron chi connectivity index (χ0n) is 17.1. The van der Waals surface area contributed by atoms with Gasteiger partial charge in [0.15, 0.2) is 0 Å². The molecule has 4 rings (SSSR count). The van der Waals surface area contributed by atoms with Crippen LogP contribution in [0.15, 0.2) is 42.5 Å². The Balaban J connectivity index is 1.36. The van der Waals surface area contributed by atoms with Gasteiger partial charge in [0, 0.05) is 24.7 Å². The van der Waals surface area contributed by atoms with Gasteiger partial charge in [-0.3, -0.25) is 9.69 Å². The molecule has 0 aromatic heterocycles. The predicted octanol–water partition coefficient (Wildman–Crippen LogP) is 3.93. The van der Waals surface area contributed by atoms with E-state index < -0.39 is 12.1 Å². The first kappa shape index (κ1) is 21.2. The molecule has 1 heterocycles. The lowest BCUT2D eigenvalue weighted by atomic mass is 9.78. The number of carboxylic acids is 1. The summed E-state index contributed by atoms with van der Waals surface area (Å²) in [5.41, 5.74) is 3.03. The van der Waals surface area contributed by atoms with E-state index in [1.54, 1.807) is 0 Å². The fourth-order valence-electron chi connectivity index (χ4n) is 4.80. The summed E-state index contributed by atoms with van der Waals surface area (Å²) in [5, 5.41) is 20.2. The van der Waals surface area contributed by atoms with E-state index in [9.17, 15) is 9.90 Å². The van der Waals surface area contributed by atoms with Crippen LogP contribution in [0.1, 0.15) is 29.5 Å². The van der Waals surface area contributed by atoms with Gasteiger partial charge in [-0.1, -0.05) is 41.9 Å². The molecule has 2 aromatic carbocycles. The molecule has 0 bridgehead atoms. The van der Waals surface area contributed by atoms with E-state index in [1.807, 2.05) is 49.4 Å². The van der Waals surface area contributed by atoms with Crippen LogP contribution in [0.3, 0.4) is 0 Å². The normalized spacial score (nSPS) is 26.4. The molecule has 2 N–H and O–H groups in total. The number of benzene rings is 2. The molecule has 0 amide bonds. The van der Waals surface area contributed by atoms with Gasteiger partial charge in [0.25, 0.3) is 0 Å². The summed E-state index contributed by atoms with van der Waals surface area (Å²) < 4.78 is 6.18. The van der Waals surface area contributed by atoms with Crippen molar-refractivity contribution in [2.45, 2.75) is 44.9 Å². The molecule has 2 fully saturated rings. The molecule has 1 aliphatic heterocycles. The van der Waals surface area contributed by atoms with Crippen molar-refractivity contribution in [2.75, 3.05) is 13.1 Å². The van der Waals surface area contributed by atoms with E-state index >= 15 is 0 Å². The van der Waals surface area contributed by atoms with Crippen LogP contribution in [-0.2, 0) is 17.8 Å². The van der Waals surface area contributed by atoms with Crippen LogP contribution >= 0.6 is 11.6 Å². The molecule has 2 aromatic rings. The second kappa shape index (κ2) is 8.96. The SMILES string of the molecule is Cc1ccc(Cl)cc1O[C@@H]1C[C@@H]2CN(Cc3ccc(CC(=O)O)cc3)C[C@@H]2C[C@H]1O. The Morgan fingerprint density at radius 3 is 2.47 bits per heavy atom. The average Bonchev–Trinajstić information content (AvgIpc) is 3.07. The number of likely N-dealkylation sites (tertiary alicyclic amines) is 1. The number of ether oxygens (including phenoxy) is 1. The maximum absolute atomic E-state index is 10.8. The van der Waals surface area contributed by atoms with Crippen LogP contribution in [0.4, 0.5) is 0 Å². The summed E-state index contributed by atoms with van der Waals surface area (Å²) in [7, 11) is 0. The van der Waals surface area contributed by atoms with Crippen molar-refractivity contribution >= 4 is 17.6 Å². The molecule has 1 saturated heterocycles. The Kier molecular flexibility index (Phi) is 6.32. The molecule has 30 heavy (non-hydrogen) atoms. The summed E-state index contributed by atoms with van der Waals surface area (Å²) in [5.74, 6) is 0.923. The minimum atomic E-state index is -0.810. The lowest BCUT2D eigenvalue weighted by Gasteiger charge is -2.35. The van der Waals surface area contributed by atoms with Gasteiger partial charge in [0.05, 0.1) is 12.5 Å². The monoisotopic (exact) mass is 429 g/mol. The molecule has 2 aliphatic rings. The number of halogens is 1. The summed E-state index contributed by atoms with van der Waals surface area (Å²) in [6.07, 6.45) is 0.965. The molecular weight excluding hydrogens is 402 g/mol. The van der Waals surface area contributed by atoms with Crippen LogP contribution in [0.25, 0.3) is 0 Å². The van der Waals surface area contributed by atoms with Crippen molar-refractivity contribution in [1.82, 2.24) is 4.90 Å². The van der Waals surface area contributed by atoms with E-state index in [1.165, 1.54) is 5.56 Å². The fourth-order valence-corrected chi connectivity index (χ4v) is 4.96. The smallest absolute Gasteiger partial charge is 0.307 e. The molecule has 160 valence electrons. The van der Waals surface area contributed by atoms with Crippen LogP contribution in [0.2, 0.25) is 5.02 Å². The van der Waals surface area contributed by atoms with Crippen molar-refractivity contribution in [3.8, 4) is 5.75 Å². The molecular formula is C24H28ClNO4. The third-order valence-electron chi connectivity index (χ3n) is 6.37. The number of rotatable bonds is 6. The van der Waals surface area contributed by atoms with E-state index in [4.69, 9.17) is 21.4 Å². The number of carboxylic acid groups (broad SMARTS) is 1. The number of hydrogen-bond donors (Lipinski definition) is 2. The van der Waals surface area contributed by atoms with Crippen LogP contribution in [-0.4, -0.2) is 46.4 Å². The number of aliphatic carboxylic acids is 1. The molecule has 0 spiro atoms. The molecule has 0 radical (unpaired) electrons. The molecule has 4 atom stereocenters. The highest BCUT2D eigenvalue weighted by molar-refractivity contribution is 6.30. The molecule has 1 aliphatic carbocycles. The van der Waals surface area contributed by atoms with Gasteiger partial charge in [0.1, 0.15) is 11.9 Å². The quantitative estimate of drug-likeness (QED) is 0.728. The number of fused-ring (bicyclic) bond motifs is 1. The first-order chi connectivity index (χ1) is 14.4. The second-order valence-corrected chi connectivity index (χ2v) is 9.14. The number of aryl methyl sites for hydroxylation is 1. The molecule has 6 heteroatoms. The Bertz CT molecular complexity index is 901. The standard InChI is InChI=1S/C24H28ClNO4/c1-15-2-7-20(25)11-22(15)30-23-10-19-14-26(13-18(19)9-21(23)27)12-17-5-3-16(4-6-17)8-24(28)29/h2-7,11,18-19,21,23,27H,8-10,12-14H2,1H3,(H,28,29)/t18-,19+,21+,23+/m0/s1. The largest absolute Gasteiger partial charge is 0.487 e. The summed E-state index contributed by atoms with van der Waals surface area (Å²) in [6.45, 7) is 4.79. The maximum Gasteiger partial charge on any atom is 0.307 e. The molecule has 0 unspecified atom stereocenters. The third-order valence-corrected chi connectivity index (χ3v) is 6.61. The van der Waals surface area contributed by atoms with E-state index in [0.717, 1.165) is 49.4 Å². The Morgan fingerprint density at radius 2 is 1.77 bits per heavy atom.